The zero-order valence-electron chi connectivity index (χ0n) is 19.1. The van der Waals surface area contributed by atoms with E-state index in [0.717, 1.165) is 22.7 Å². The molecule has 2 aromatic carbocycles. The van der Waals surface area contributed by atoms with E-state index in [1.165, 1.54) is 18.0 Å². The summed E-state index contributed by atoms with van der Waals surface area (Å²) in [4.78, 5) is 12.3. The molecule has 0 atom stereocenters. The molecule has 1 amide bonds. The maximum absolute atomic E-state index is 12.3. The number of amides is 1. The van der Waals surface area contributed by atoms with Crippen molar-refractivity contribution in [2.75, 3.05) is 20.0 Å². The van der Waals surface area contributed by atoms with E-state index in [1.54, 1.807) is 38.7 Å². The van der Waals surface area contributed by atoms with E-state index >= 15 is 0 Å². The number of thioether (sulfide) groups is 1. The lowest BCUT2D eigenvalue weighted by Crippen LogP contribution is -2.19. The maximum atomic E-state index is 12.3. The predicted octanol–water partition coefficient (Wildman–Crippen LogP) is 4.45. The van der Waals surface area contributed by atoms with Crippen molar-refractivity contribution in [3.63, 3.8) is 0 Å². The highest BCUT2D eigenvalue weighted by atomic mass is 32.2. The summed E-state index contributed by atoms with van der Waals surface area (Å²) >= 11 is 1.26. The van der Waals surface area contributed by atoms with Gasteiger partial charge in [0.05, 0.1) is 26.2 Å². The summed E-state index contributed by atoms with van der Waals surface area (Å²) in [5.41, 5.74) is 4.20. The minimum Gasteiger partial charge on any atom is -0.497 e. The first-order valence-corrected chi connectivity index (χ1v) is 11.6. The highest BCUT2D eigenvalue weighted by molar-refractivity contribution is 7.99. The molecule has 4 rings (SSSR count). The Morgan fingerprint density at radius 3 is 2.43 bits per heavy atom. The number of furan rings is 1. The number of hydrogen-bond acceptors (Lipinski definition) is 8. The van der Waals surface area contributed by atoms with Crippen molar-refractivity contribution < 1.29 is 18.7 Å². The zero-order valence-corrected chi connectivity index (χ0v) is 19.9. The summed E-state index contributed by atoms with van der Waals surface area (Å²) in [6.45, 7) is 0. The number of hydrogen-bond donors (Lipinski definition) is 1. The van der Waals surface area contributed by atoms with E-state index < -0.39 is 0 Å². The smallest absolute Gasteiger partial charge is 0.250 e. The van der Waals surface area contributed by atoms with Crippen molar-refractivity contribution in [3.05, 3.63) is 78.8 Å². The molecule has 178 valence electrons. The molecule has 0 bridgehead atoms. The fraction of sp³-hybridized carbons (Fsp3) is 0.120. The van der Waals surface area contributed by atoms with Crippen LogP contribution in [0, 0.1) is 0 Å². The van der Waals surface area contributed by atoms with Crippen LogP contribution < -0.4 is 14.9 Å². The second-order valence-corrected chi connectivity index (χ2v) is 7.99. The van der Waals surface area contributed by atoms with Gasteiger partial charge in [-0.2, -0.15) is 5.10 Å². The van der Waals surface area contributed by atoms with E-state index in [2.05, 4.69) is 20.7 Å². The zero-order chi connectivity index (χ0) is 24.5. The molecule has 2 aromatic heterocycles. The number of allylic oxidation sites excluding steroid dienone is 1. The predicted molar refractivity (Wildman–Crippen MR) is 135 cm³/mol. The van der Waals surface area contributed by atoms with Crippen molar-refractivity contribution in [1.29, 1.82) is 0 Å². The fourth-order valence-corrected chi connectivity index (χ4v) is 3.84. The summed E-state index contributed by atoms with van der Waals surface area (Å²) in [6, 6.07) is 18.7. The number of ether oxygens (including phenoxy) is 2. The summed E-state index contributed by atoms with van der Waals surface area (Å²) in [5.74, 6) is 2.66. The van der Waals surface area contributed by atoms with Crippen molar-refractivity contribution in [3.8, 4) is 28.6 Å². The first kappa shape index (κ1) is 23.8. The molecule has 0 spiro atoms. The van der Waals surface area contributed by atoms with Gasteiger partial charge in [0.1, 0.15) is 17.3 Å². The molecule has 35 heavy (non-hydrogen) atoms. The van der Waals surface area contributed by atoms with Crippen LogP contribution in [0.3, 0.4) is 0 Å². The van der Waals surface area contributed by atoms with Gasteiger partial charge in [-0.1, -0.05) is 11.8 Å². The van der Waals surface area contributed by atoms with Crippen molar-refractivity contribution in [1.82, 2.24) is 20.2 Å². The molecule has 9 nitrogen and oxygen atoms in total. The van der Waals surface area contributed by atoms with Gasteiger partial charge >= 0.3 is 0 Å². The maximum Gasteiger partial charge on any atom is 0.250 e. The lowest BCUT2D eigenvalue weighted by molar-refractivity contribution is -0.118. The Kier molecular flexibility index (Phi) is 7.97. The number of methoxy groups -OCH3 is 2. The molecule has 0 aliphatic heterocycles. The Morgan fingerprint density at radius 2 is 1.77 bits per heavy atom. The lowest BCUT2D eigenvalue weighted by Gasteiger charge is -2.11. The third-order valence-electron chi connectivity index (χ3n) is 4.80. The Labute approximate surface area is 206 Å². The molecular weight excluding hydrogens is 466 g/mol. The third kappa shape index (κ3) is 6.18. The molecule has 0 aliphatic carbocycles. The van der Waals surface area contributed by atoms with Crippen LogP contribution in [0.15, 0.2) is 87.7 Å². The van der Waals surface area contributed by atoms with Gasteiger partial charge < -0.3 is 13.9 Å². The third-order valence-corrected chi connectivity index (χ3v) is 5.73. The largest absolute Gasteiger partial charge is 0.497 e. The Morgan fingerprint density at radius 1 is 1.06 bits per heavy atom. The average molecular weight is 490 g/mol. The number of hydrazone groups is 1. The number of carbonyl (C=O) groups excluding carboxylic acids is 1. The van der Waals surface area contributed by atoms with Crippen LogP contribution in [0.5, 0.6) is 11.5 Å². The minimum absolute atomic E-state index is 0.107. The average Bonchev–Trinajstić information content (AvgIpc) is 3.57. The van der Waals surface area contributed by atoms with Crippen molar-refractivity contribution in [2.24, 2.45) is 5.10 Å². The minimum atomic E-state index is -0.270. The molecule has 0 fully saturated rings. The molecular formula is C25H23N5O4S. The highest BCUT2D eigenvalue weighted by Crippen LogP contribution is 2.29. The molecule has 10 heteroatoms. The molecule has 0 saturated heterocycles. The Bertz CT molecular complexity index is 1300. The number of benzene rings is 2. The lowest BCUT2D eigenvalue weighted by atomic mass is 10.2. The van der Waals surface area contributed by atoms with Gasteiger partial charge in [-0.15, -0.1) is 10.2 Å². The second kappa shape index (κ2) is 11.7. The van der Waals surface area contributed by atoms with Crippen LogP contribution >= 0.6 is 11.8 Å². The quantitative estimate of drug-likeness (QED) is 0.199. The number of rotatable bonds is 10. The fourth-order valence-electron chi connectivity index (χ4n) is 3.09. The Hall–Kier alpha value is -4.31. The first-order chi connectivity index (χ1) is 17.2. The van der Waals surface area contributed by atoms with Crippen LogP contribution in [-0.4, -0.2) is 46.9 Å². The van der Waals surface area contributed by atoms with Gasteiger partial charge in [0.15, 0.2) is 11.0 Å². The Balaban J connectivity index is 1.49. The SMILES string of the molecule is COc1ccc(-c2nnc(SCC(=O)N/N=C/C=C/c3ccco3)n2-c2ccc(OC)cc2)cc1. The van der Waals surface area contributed by atoms with Crippen molar-refractivity contribution >= 4 is 30.0 Å². The number of nitrogens with zero attached hydrogens (tertiary/aromatic N) is 4. The normalized spacial score (nSPS) is 11.3. The van der Waals surface area contributed by atoms with Gasteiger partial charge in [0.25, 0.3) is 5.91 Å². The van der Waals surface area contributed by atoms with Gasteiger partial charge in [0.2, 0.25) is 0 Å². The summed E-state index contributed by atoms with van der Waals surface area (Å²) < 4.78 is 17.6. The molecule has 0 aliphatic rings. The van der Waals surface area contributed by atoms with Gasteiger partial charge in [0, 0.05) is 17.5 Å². The molecule has 4 aromatic rings. The summed E-state index contributed by atoms with van der Waals surface area (Å²) in [7, 11) is 3.24. The molecule has 0 unspecified atom stereocenters. The van der Waals surface area contributed by atoms with Crippen LogP contribution in [0.2, 0.25) is 0 Å². The van der Waals surface area contributed by atoms with Crippen LogP contribution in [0.4, 0.5) is 0 Å². The van der Waals surface area contributed by atoms with Crippen LogP contribution in [-0.2, 0) is 4.79 Å². The second-order valence-electron chi connectivity index (χ2n) is 7.04. The monoisotopic (exact) mass is 489 g/mol. The van der Waals surface area contributed by atoms with Crippen molar-refractivity contribution in [2.45, 2.75) is 5.16 Å². The van der Waals surface area contributed by atoms with E-state index in [4.69, 9.17) is 13.9 Å². The van der Waals surface area contributed by atoms with E-state index in [-0.39, 0.29) is 11.7 Å². The summed E-state index contributed by atoms with van der Waals surface area (Å²) in [5, 5.41) is 13.2. The summed E-state index contributed by atoms with van der Waals surface area (Å²) in [6.07, 6.45) is 6.48. The standard InChI is InChI=1S/C25H23N5O4S/c1-32-20-11-7-18(8-12-20)24-28-29-25(30(24)19-9-13-21(33-2)14-10-19)35-17-23(31)27-26-15-3-5-22-6-4-16-34-22/h3-16H,17H2,1-2H3,(H,27,31)/b5-3+,26-15+. The molecule has 1 N–H and O–H groups in total. The number of nitrogens with one attached hydrogen (secondary N) is 1. The van der Waals surface area contributed by atoms with Gasteiger partial charge in [-0.05, 0) is 72.8 Å². The van der Waals surface area contributed by atoms with E-state index in [1.807, 2.05) is 59.2 Å². The number of aromatic nitrogens is 3. The molecule has 0 saturated carbocycles. The van der Waals surface area contributed by atoms with E-state index in [0.29, 0.717) is 16.7 Å². The number of carbonyl (C=O) groups is 1. The van der Waals surface area contributed by atoms with E-state index in [9.17, 15) is 4.79 Å². The highest BCUT2D eigenvalue weighted by Gasteiger charge is 2.17. The van der Waals surface area contributed by atoms with Crippen LogP contribution in [0.25, 0.3) is 23.2 Å². The van der Waals surface area contributed by atoms with Gasteiger partial charge in [-0.25, -0.2) is 5.43 Å². The first-order valence-electron chi connectivity index (χ1n) is 10.6. The van der Waals surface area contributed by atoms with Gasteiger partial charge in [-0.3, -0.25) is 9.36 Å². The van der Waals surface area contributed by atoms with Crippen LogP contribution in [0.1, 0.15) is 5.76 Å². The molecule has 2 heterocycles. The topological polar surface area (TPSA) is 104 Å². The molecule has 0 radical (unpaired) electrons.